The molecule has 5 nitrogen and oxygen atoms in total. The van der Waals surface area contributed by atoms with Crippen LogP contribution in [-0.4, -0.2) is 29.6 Å². The predicted octanol–water partition coefficient (Wildman–Crippen LogP) is 3.10. The van der Waals surface area contributed by atoms with E-state index >= 15 is 0 Å². The van der Waals surface area contributed by atoms with Crippen molar-refractivity contribution >= 4 is 26.5 Å². The first-order chi connectivity index (χ1) is 12.9. The molecule has 0 amide bonds. The fourth-order valence-corrected chi connectivity index (χ4v) is 4.44. The van der Waals surface area contributed by atoms with Gasteiger partial charge in [0.25, 0.3) is 0 Å². The lowest BCUT2D eigenvalue weighted by Gasteiger charge is -2.17. The molecule has 3 aromatic rings. The van der Waals surface area contributed by atoms with Crippen molar-refractivity contribution in [1.82, 2.24) is 10.0 Å². The summed E-state index contributed by atoms with van der Waals surface area (Å²) < 4.78 is 28.7. The molecule has 6 heteroatoms. The van der Waals surface area contributed by atoms with Gasteiger partial charge in [-0.2, -0.15) is 0 Å². The molecule has 0 fully saturated rings. The highest BCUT2D eigenvalue weighted by Gasteiger charge is 2.18. The average Bonchev–Trinajstić information content (AvgIpc) is 2.66. The Morgan fingerprint density at radius 2 is 1.48 bits per heavy atom. The molecule has 3 aromatic carbocycles. The van der Waals surface area contributed by atoms with Crippen molar-refractivity contribution in [3.63, 3.8) is 0 Å². The summed E-state index contributed by atoms with van der Waals surface area (Å²) in [6.45, 7) is 1.00. The highest BCUT2D eigenvalue weighted by atomic mass is 32.2. The van der Waals surface area contributed by atoms with E-state index in [2.05, 4.69) is 10.0 Å². The predicted molar refractivity (Wildman–Crippen MR) is 112 cm³/mol. The summed E-state index contributed by atoms with van der Waals surface area (Å²) in [6.07, 6.45) is 0. The van der Waals surface area contributed by atoms with Gasteiger partial charge in [0.15, 0.2) is 0 Å². The first kappa shape index (κ1) is 19.4. The molecule has 0 bridgehead atoms. The molecule has 0 aliphatic carbocycles. The molecule has 0 saturated carbocycles. The zero-order chi connectivity index (χ0) is 19.4. The van der Waals surface area contributed by atoms with E-state index in [1.807, 2.05) is 74.6 Å². The van der Waals surface area contributed by atoms with Gasteiger partial charge in [-0.15, -0.1) is 0 Å². The van der Waals surface area contributed by atoms with Gasteiger partial charge < -0.3 is 10.2 Å². The maximum atomic E-state index is 13.0. The van der Waals surface area contributed by atoms with Crippen LogP contribution in [0.4, 0.5) is 5.69 Å². The molecule has 0 aromatic heterocycles. The number of sulfonamides is 1. The first-order valence-electron chi connectivity index (χ1n) is 8.83. The number of anilines is 1. The molecule has 0 spiro atoms. The Bertz CT molecular complexity index is 1050. The number of rotatable bonds is 7. The maximum absolute atomic E-state index is 13.0. The zero-order valence-electron chi connectivity index (χ0n) is 15.9. The molecule has 27 heavy (non-hydrogen) atoms. The third-order valence-electron chi connectivity index (χ3n) is 4.47. The van der Waals surface area contributed by atoms with Gasteiger partial charge in [0.2, 0.25) is 10.0 Å². The lowest BCUT2D eigenvalue weighted by molar-refractivity contribution is 0.582. The summed E-state index contributed by atoms with van der Waals surface area (Å²) in [5.41, 5.74) is 3.04. The summed E-state index contributed by atoms with van der Waals surface area (Å²) in [4.78, 5) is 2.29. The maximum Gasteiger partial charge on any atom is 0.241 e. The number of fused-ring (bicyclic) bond motifs is 1. The van der Waals surface area contributed by atoms with Crippen LogP contribution in [0.5, 0.6) is 0 Å². The van der Waals surface area contributed by atoms with Crippen LogP contribution in [0.2, 0.25) is 0 Å². The summed E-state index contributed by atoms with van der Waals surface area (Å²) in [7, 11) is 2.15. The van der Waals surface area contributed by atoms with E-state index in [1.54, 1.807) is 12.1 Å². The Hall–Kier alpha value is -2.41. The molecule has 3 rings (SSSR count). The van der Waals surface area contributed by atoms with E-state index in [9.17, 15) is 8.42 Å². The molecule has 142 valence electrons. The molecule has 2 N–H and O–H groups in total. The van der Waals surface area contributed by atoms with Gasteiger partial charge in [-0.05, 0) is 30.3 Å². The summed E-state index contributed by atoms with van der Waals surface area (Å²) >= 11 is 0. The number of nitrogens with one attached hydrogen (secondary N) is 2. The van der Waals surface area contributed by atoms with Crippen LogP contribution < -0.4 is 14.9 Å². The molecule has 0 aliphatic rings. The summed E-state index contributed by atoms with van der Waals surface area (Å²) in [5, 5.41) is 4.74. The highest BCUT2D eigenvalue weighted by Crippen LogP contribution is 2.30. The van der Waals surface area contributed by atoms with Crippen molar-refractivity contribution in [1.29, 1.82) is 0 Å². The molecular formula is C21H25N3O2S. The Balaban J connectivity index is 1.91. The second kappa shape index (κ2) is 8.08. The van der Waals surface area contributed by atoms with Crippen LogP contribution in [0.3, 0.4) is 0 Å². The van der Waals surface area contributed by atoms with Gasteiger partial charge in [0.1, 0.15) is 0 Å². The van der Waals surface area contributed by atoms with E-state index in [4.69, 9.17) is 0 Å². The van der Waals surface area contributed by atoms with E-state index in [0.29, 0.717) is 4.90 Å². The number of hydrogen-bond donors (Lipinski definition) is 2. The van der Waals surface area contributed by atoms with Crippen LogP contribution in [0.15, 0.2) is 65.6 Å². The van der Waals surface area contributed by atoms with E-state index in [-0.39, 0.29) is 6.54 Å². The third kappa shape index (κ3) is 4.30. The minimum absolute atomic E-state index is 0.254. The van der Waals surface area contributed by atoms with Gasteiger partial charge in [0.05, 0.1) is 4.90 Å². The average molecular weight is 384 g/mol. The molecule has 0 atom stereocenters. The van der Waals surface area contributed by atoms with E-state index in [0.717, 1.165) is 34.1 Å². The Kier molecular flexibility index (Phi) is 5.79. The van der Waals surface area contributed by atoms with Gasteiger partial charge in [-0.3, -0.25) is 0 Å². The summed E-state index contributed by atoms with van der Waals surface area (Å²) in [6, 6.07) is 19.0. The topological polar surface area (TPSA) is 61.4 Å². The van der Waals surface area contributed by atoms with Crippen LogP contribution in [0, 0.1) is 0 Å². The van der Waals surface area contributed by atoms with Gasteiger partial charge in [-0.1, -0.05) is 48.5 Å². The minimum Gasteiger partial charge on any atom is -0.377 e. The Labute approximate surface area is 161 Å². The standard InChI is InChI=1S/C21H25N3O2S/c1-22-14-16-7-4-8-17(13-16)15-23-27(25,26)21-12-6-9-18-19(21)10-5-11-20(18)24(2)3/h4-13,22-23H,14-15H2,1-3H3. The molecule has 0 radical (unpaired) electrons. The monoisotopic (exact) mass is 383 g/mol. The Morgan fingerprint density at radius 3 is 2.19 bits per heavy atom. The lowest BCUT2D eigenvalue weighted by Crippen LogP contribution is -2.23. The van der Waals surface area contributed by atoms with Crippen LogP contribution >= 0.6 is 0 Å². The van der Waals surface area contributed by atoms with Crippen LogP contribution in [0.1, 0.15) is 11.1 Å². The van der Waals surface area contributed by atoms with Gasteiger partial charge in [-0.25, -0.2) is 13.1 Å². The number of nitrogens with zero attached hydrogens (tertiary/aromatic N) is 1. The smallest absolute Gasteiger partial charge is 0.241 e. The SMILES string of the molecule is CNCc1cccc(CNS(=O)(=O)c2cccc3c(N(C)C)cccc23)c1. The van der Waals surface area contributed by atoms with Gasteiger partial charge in [0, 0.05) is 43.6 Å². The normalized spacial score (nSPS) is 11.7. The van der Waals surface area contributed by atoms with Gasteiger partial charge >= 0.3 is 0 Å². The fourth-order valence-electron chi connectivity index (χ4n) is 3.20. The second-order valence-corrected chi connectivity index (χ2v) is 8.43. The molecular weight excluding hydrogens is 358 g/mol. The Morgan fingerprint density at radius 1 is 0.852 bits per heavy atom. The lowest BCUT2D eigenvalue weighted by atomic mass is 10.1. The van der Waals surface area contributed by atoms with Crippen molar-refractivity contribution in [2.75, 3.05) is 26.0 Å². The summed E-state index contributed by atoms with van der Waals surface area (Å²) in [5.74, 6) is 0. The van der Waals surface area contributed by atoms with Crippen LogP contribution in [0.25, 0.3) is 10.8 Å². The highest BCUT2D eigenvalue weighted by molar-refractivity contribution is 7.89. The van der Waals surface area contributed by atoms with Crippen molar-refractivity contribution in [2.45, 2.75) is 18.0 Å². The fraction of sp³-hybridized carbons (Fsp3) is 0.238. The van der Waals surface area contributed by atoms with Crippen molar-refractivity contribution in [3.05, 3.63) is 71.8 Å². The van der Waals surface area contributed by atoms with E-state index < -0.39 is 10.0 Å². The molecule has 0 heterocycles. The second-order valence-electron chi connectivity index (χ2n) is 6.70. The molecule has 0 aliphatic heterocycles. The van der Waals surface area contributed by atoms with Crippen molar-refractivity contribution in [3.8, 4) is 0 Å². The van der Waals surface area contributed by atoms with Crippen LogP contribution in [-0.2, 0) is 23.1 Å². The quantitative estimate of drug-likeness (QED) is 0.658. The zero-order valence-corrected chi connectivity index (χ0v) is 16.7. The van der Waals surface area contributed by atoms with Crippen molar-refractivity contribution < 1.29 is 8.42 Å². The third-order valence-corrected chi connectivity index (χ3v) is 5.93. The first-order valence-corrected chi connectivity index (χ1v) is 10.3. The van der Waals surface area contributed by atoms with Crippen molar-refractivity contribution in [2.24, 2.45) is 0 Å². The molecule has 0 saturated heterocycles. The minimum atomic E-state index is -3.64. The molecule has 0 unspecified atom stereocenters. The number of benzene rings is 3. The largest absolute Gasteiger partial charge is 0.377 e. The van der Waals surface area contributed by atoms with E-state index in [1.165, 1.54) is 0 Å². The number of hydrogen-bond acceptors (Lipinski definition) is 4.